The number of aromatic nitrogens is 6. The molecule has 0 saturated carbocycles. The summed E-state index contributed by atoms with van der Waals surface area (Å²) in [6, 6.07) is 3.08. The van der Waals surface area contributed by atoms with E-state index in [9.17, 15) is 4.39 Å². The fourth-order valence-corrected chi connectivity index (χ4v) is 4.62. The van der Waals surface area contributed by atoms with Crippen molar-refractivity contribution in [3.05, 3.63) is 41.2 Å². The molecule has 4 aromatic rings. The maximum absolute atomic E-state index is 14.1. The van der Waals surface area contributed by atoms with Gasteiger partial charge < -0.3 is 10.5 Å². The van der Waals surface area contributed by atoms with Crippen molar-refractivity contribution in [2.75, 3.05) is 12.8 Å². The van der Waals surface area contributed by atoms with Crippen LogP contribution in [0.1, 0.15) is 49.8 Å². The largest absolute Gasteiger partial charge is 0.494 e. The van der Waals surface area contributed by atoms with Crippen LogP contribution in [0.15, 0.2) is 18.3 Å². The molecule has 0 saturated heterocycles. The second-order valence-electron chi connectivity index (χ2n) is 8.54. The van der Waals surface area contributed by atoms with Gasteiger partial charge in [0.15, 0.2) is 11.5 Å². The monoisotopic (exact) mass is 423 g/mol. The highest BCUT2D eigenvalue weighted by molar-refractivity contribution is 5.95. The number of aryl methyl sites for hydroxylation is 1. The summed E-state index contributed by atoms with van der Waals surface area (Å²) in [7, 11) is 1.48. The highest BCUT2D eigenvalue weighted by Crippen LogP contribution is 2.31. The van der Waals surface area contributed by atoms with Crippen molar-refractivity contribution >= 4 is 22.5 Å². The van der Waals surface area contributed by atoms with Crippen molar-refractivity contribution in [1.82, 2.24) is 29.4 Å². The normalized spacial score (nSPS) is 16.4. The lowest BCUT2D eigenvalue weighted by Gasteiger charge is -2.23. The van der Waals surface area contributed by atoms with E-state index in [1.165, 1.54) is 35.0 Å². The Bertz CT molecular complexity index is 1280. The molecule has 1 atom stereocenters. The summed E-state index contributed by atoms with van der Waals surface area (Å²) in [6.07, 6.45) is 6.94. The van der Waals surface area contributed by atoms with Gasteiger partial charge in [0, 0.05) is 24.2 Å². The molecule has 3 heterocycles. The molecule has 0 spiro atoms. The molecule has 2 N–H and O–H groups in total. The van der Waals surface area contributed by atoms with Gasteiger partial charge in [-0.25, -0.2) is 14.4 Å². The van der Waals surface area contributed by atoms with E-state index in [0.717, 1.165) is 32.1 Å². The quantitative estimate of drug-likeness (QED) is 0.528. The average molecular weight is 423 g/mol. The van der Waals surface area contributed by atoms with Crippen LogP contribution in [0.3, 0.4) is 0 Å². The molecule has 1 unspecified atom stereocenters. The molecule has 0 fully saturated rings. The second kappa shape index (κ2) is 7.47. The Kier molecular flexibility index (Phi) is 4.75. The second-order valence-corrected chi connectivity index (χ2v) is 8.54. The summed E-state index contributed by atoms with van der Waals surface area (Å²) >= 11 is 0. The molecular formula is C22H26FN7O. The number of hydrogen-bond acceptors (Lipinski definition) is 6. The molecule has 0 amide bonds. The van der Waals surface area contributed by atoms with Crippen molar-refractivity contribution in [1.29, 1.82) is 0 Å². The number of nitrogens with zero attached hydrogens (tertiary/aromatic N) is 6. The first-order chi connectivity index (χ1) is 14.9. The van der Waals surface area contributed by atoms with Gasteiger partial charge in [0.2, 0.25) is 5.95 Å². The van der Waals surface area contributed by atoms with Crippen LogP contribution >= 0.6 is 0 Å². The van der Waals surface area contributed by atoms with Crippen LogP contribution in [-0.4, -0.2) is 36.5 Å². The van der Waals surface area contributed by atoms with Crippen LogP contribution < -0.4 is 10.5 Å². The van der Waals surface area contributed by atoms with E-state index in [-0.39, 0.29) is 5.95 Å². The molecule has 31 heavy (non-hydrogen) atoms. The Morgan fingerprint density at radius 2 is 2.13 bits per heavy atom. The number of nitrogens with two attached hydrogens (primary N) is 1. The van der Waals surface area contributed by atoms with E-state index in [1.54, 1.807) is 0 Å². The number of rotatable bonds is 5. The lowest BCUT2D eigenvalue weighted by atomic mass is 9.84. The average Bonchev–Trinajstić information content (AvgIpc) is 3.37. The maximum atomic E-state index is 14.1. The van der Waals surface area contributed by atoms with Gasteiger partial charge in [0.1, 0.15) is 17.1 Å². The Morgan fingerprint density at radius 1 is 1.29 bits per heavy atom. The fourth-order valence-electron chi connectivity index (χ4n) is 4.62. The summed E-state index contributed by atoms with van der Waals surface area (Å²) in [5, 5.41) is 9.64. The zero-order chi connectivity index (χ0) is 21.7. The Hall–Kier alpha value is -3.23. The van der Waals surface area contributed by atoms with Crippen LogP contribution in [0.5, 0.6) is 5.75 Å². The zero-order valence-corrected chi connectivity index (χ0v) is 18.0. The summed E-state index contributed by atoms with van der Waals surface area (Å²) in [5.41, 5.74) is 9.82. The molecule has 1 aromatic carbocycles. The van der Waals surface area contributed by atoms with Gasteiger partial charge in [-0.15, -0.1) is 5.10 Å². The van der Waals surface area contributed by atoms with E-state index in [1.807, 2.05) is 6.20 Å². The van der Waals surface area contributed by atoms with Gasteiger partial charge in [-0.2, -0.15) is 9.61 Å². The lowest BCUT2D eigenvalue weighted by Crippen LogP contribution is -2.18. The summed E-state index contributed by atoms with van der Waals surface area (Å²) in [4.78, 5) is 9.03. The first kappa shape index (κ1) is 19.7. The molecule has 3 aromatic heterocycles. The minimum absolute atomic E-state index is 0.203. The SMILES string of the molecule is COc1cc(F)cc2c1nc(N)n1nc(CCC3CCc4c(cnn4C(C)C)C3)nc21. The molecule has 0 bridgehead atoms. The number of anilines is 1. The molecule has 0 radical (unpaired) electrons. The molecule has 1 aliphatic carbocycles. The summed E-state index contributed by atoms with van der Waals surface area (Å²) < 4.78 is 23.0. The molecule has 1 aliphatic rings. The third-order valence-corrected chi connectivity index (χ3v) is 6.14. The lowest BCUT2D eigenvalue weighted by molar-refractivity contribution is 0.404. The van der Waals surface area contributed by atoms with Crippen molar-refractivity contribution in [2.24, 2.45) is 5.92 Å². The minimum atomic E-state index is -0.415. The van der Waals surface area contributed by atoms with Gasteiger partial charge in [-0.05, 0) is 57.1 Å². The number of halogens is 1. The smallest absolute Gasteiger partial charge is 0.223 e. The van der Waals surface area contributed by atoms with Crippen molar-refractivity contribution in [2.45, 2.75) is 52.0 Å². The first-order valence-electron chi connectivity index (χ1n) is 10.7. The number of methoxy groups -OCH3 is 1. The minimum Gasteiger partial charge on any atom is -0.494 e. The molecule has 0 aliphatic heterocycles. The third kappa shape index (κ3) is 3.37. The first-order valence-corrected chi connectivity index (χ1v) is 10.7. The van der Waals surface area contributed by atoms with Gasteiger partial charge >= 0.3 is 0 Å². The van der Waals surface area contributed by atoms with Crippen LogP contribution in [0, 0.1) is 11.7 Å². The number of nitrogen functional groups attached to an aromatic ring is 1. The predicted molar refractivity (Wildman–Crippen MR) is 116 cm³/mol. The number of ether oxygens (including phenoxy) is 1. The standard InChI is InChI=1S/C22H26FN7O/c1-12(2)29-17-6-4-13(8-14(17)11-25-29)5-7-19-26-21-16-9-15(23)10-18(31-3)20(16)27-22(24)30(21)28-19/h9-13H,4-8H2,1-3H3,(H2,24,27). The van der Waals surface area contributed by atoms with Crippen LogP contribution in [-0.2, 0) is 19.3 Å². The van der Waals surface area contributed by atoms with E-state index in [4.69, 9.17) is 10.5 Å². The Morgan fingerprint density at radius 3 is 2.90 bits per heavy atom. The highest BCUT2D eigenvalue weighted by atomic mass is 19.1. The molecule has 162 valence electrons. The van der Waals surface area contributed by atoms with Gasteiger partial charge in [-0.1, -0.05) is 0 Å². The topological polar surface area (TPSA) is 96.1 Å². The molecule has 8 nitrogen and oxygen atoms in total. The van der Waals surface area contributed by atoms with E-state index < -0.39 is 5.82 Å². The van der Waals surface area contributed by atoms with Crippen molar-refractivity contribution in [3.8, 4) is 5.75 Å². The summed E-state index contributed by atoms with van der Waals surface area (Å²) in [5.74, 6) is 1.37. The number of benzene rings is 1. The maximum Gasteiger partial charge on any atom is 0.223 e. The zero-order valence-electron chi connectivity index (χ0n) is 18.0. The Balaban J connectivity index is 1.39. The van der Waals surface area contributed by atoms with Crippen LogP contribution in [0.25, 0.3) is 16.6 Å². The van der Waals surface area contributed by atoms with Gasteiger partial charge in [0.25, 0.3) is 0 Å². The Labute approximate surface area is 179 Å². The third-order valence-electron chi connectivity index (χ3n) is 6.14. The number of hydrogen-bond donors (Lipinski definition) is 1. The van der Waals surface area contributed by atoms with Crippen molar-refractivity contribution < 1.29 is 9.13 Å². The van der Waals surface area contributed by atoms with Gasteiger partial charge in [-0.3, -0.25) is 4.68 Å². The highest BCUT2D eigenvalue weighted by Gasteiger charge is 2.24. The van der Waals surface area contributed by atoms with Crippen LogP contribution in [0.4, 0.5) is 10.3 Å². The van der Waals surface area contributed by atoms with E-state index in [2.05, 4.69) is 38.7 Å². The van der Waals surface area contributed by atoms with Crippen molar-refractivity contribution in [3.63, 3.8) is 0 Å². The predicted octanol–water partition coefficient (Wildman–Crippen LogP) is 3.52. The summed E-state index contributed by atoms with van der Waals surface area (Å²) in [6.45, 7) is 4.33. The number of fused-ring (bicyclic) bond motifs is 4. The molecule has 5 rings (SSSR count). The van der Waals surface area contributed by atoms with Gasteiger partial charge in [0.05, 0.1) is 18.7 Å². The fraction of sp³-hybridized carbons (Fsp3) is 0.455. The van der Waals surface area contributed by atoms with E-state index in [0.29, 0.717) is 40.1 Å². The van der Waals surface area contributed by atoms with Crippen LogP contribution in [0.2, 0.25) is 0 Å². The molecular weight excluding hydrogens is 397 g/mol. The van der Waals surface area contributed by atoms with E-state index >= 15 is 0 Å². The molecule has 9 heteroatoms.